The maximum Gasteiger partial charge on any atom is 0.251 e. The molecule has 0 bridgehead atoms. The Bertz CT molecular complexity index is 1170. The standard InChI is InChI=1S/C21H18FN5O/c1-13-3-8-17(14(2)11-13)21(28)23-12-20-25-24-19-10-9-18(26-27(19)20)15-4-6-16(22)7-5-15/h3-11H,12H2,1-2H3,(H,23,28). The van der Waals surface area contributed by atoms with E-state index in [4.69, 9.17) is 0 Å². The molecule has 0 unspecified atom stereocenters. The van der Waals surface area contributed by atoms with Gasteiger partial charge in [-0.2, -0.15) is 9.61 Å². The summed E-state index contributed by atoms with van der Waals surface area (Å²) in [5.41, 5.74) is 4.66. The highest BCUT2D eigenvalue weighted by molar-refractivity contribution is 5.95. The molecule has 4 aromatic rings. The molecule has 7 heteroatoms. The third-order valence-corrected chi connectivity index (χ3v) is 4.50. The Morgan fingerprint density at radius 1 is 1.04 bits per heavy atom. The molecule has 6 nitrogen and oxygen atoms in total. The van der Waals surface area contributed by atoms with Crippen LogP contribution in [0.1, 0.15) is 27.3 Å². The van der Waals surface area contributed by atoms with Gasteiger partial charge in [-0.3, -0.25) is 4.79 Å². The summed E-state index contributed by atoms with van der Waals surface area (Å²) in [4.78, 5) is 12.5. The van der Waals surface area contributed by atoms with E-state index in [-0.39, 0.29) is 18.3 Å². The predicted octanol–water partition coefficient (Wildman–Crippen LogP) is 3.48. The SMILES string of the molecule is Cc1ccc(C(=O)NCc2nnc3ccc(-c4ccc(F)cc4)nn23)c(C)c1. The zero-order valence-corrected chi connectivity index (χ0v) is 15.5. The Kier molecular flexibility index (Phi) is 4.57. The van der Waals surface area contributed by atoms with E-state index in [2.05, 4.69) is 20.6 Å². The van der Waals surface area contributed by atoms with Crippen molar-refractivity contribution in [3.8, 4) is 11.3 Å². The maximum atomic E-state index is 13.2. The molecular formula is C21H18FN5O. The van der Waals surface area contributed by atoms with Gasteiger partial charge in [0.05, 0.1) is 12.2 Å². The topological polar surface area (TPSA) is 72.2 Å². The lowest BCUT2D eigenvalue weighted by atomic mass is 10.1. The van der Waals surface area contributed by atoms with E-state index in [1.807, 2.05) is 32.0 Å². The molecule has 4 rings (SSSR count). The first-order chi connectivity index (χ1) is 13.5. The number of carbonyl (C=O) groups is 1. The summed E-state index contributed by atoms with van der Waals surface area (Å²) in [7, 11) is 0. The third-order valence-electron chi connectivity index (χ3n) is 4.50. The van der Waals surface area contributed by atoms with Gasteiger partial charge in [-0.1, -0.05) is 17.7 Å². The van der Waals surface area contributed by atoms with Crippen LogP contribution in [0.15, 0.2) is 54.6 Å². The lowest BCUT2D eigenvalue weighted by Crippen LogP contribution is -2.25. The second kappa shape index (κ2) is 7.19. The number of rotatable bonds is 4. The molecule has 1 amide bonds. The molecule has 1 N–H and O–H groups in total. The van der Waals surface area contributed by atoms with Crippen LogP contribution in [-0.2, 0) is 6.54 Å². The zero-order chi connectivity index (χ0) is 19.7. The zero-order valence-electron chi connectivity index (χ0n) is 15.5. The summed E-state index contributed by atoms with van der Waals surface area (Å²) in [5, 5.41) is 15.6. The van der Waals surface area contributed by atoms with Crippen molar-refractivity contribution in [3.63, 3.8) is 0 Å². The number of amides is 1. The van der Waals surface area contributed by atoms with E-state index in [9.17, 15) is 9.18 Å². The van der Waals surface area contributed by atoms with Crippen LogP contribution in [-0.4, -0.2) is 25.7 Å². The Morgan fingerprint density at radius 2 is 1.82 bits per heavy atom. The first-order valence-electron chi connectivity index (χ1n) is 8.84. The van der Waals surface area contributed by atoms with Gasteiger partial charge < -0.3 is 5.32 Å². The lowest BCUT2D eigenvalue weighted by molar-refractivity contribution is 0.0949. The molecule has 0 atom stereocenters. The minimum Gasteiger partial charge on any atom is -0.345 e. The van der Waals surface area contributed by atoms with Gasteiger partial charge in [-0.05, 0) is 61.9 Å². The number of fused-ring (bicyclic) bond motifs is 1. The van der Waals surface area contributed by atoms with Crippen LogP contribution < -0.4 is 5.32 Å². The number of hydrogen-bond donors (Lipinski definition) is 1. The van der Waals surface area contributed by atoms with Crippen LogP contribution in [0.4, 0.5) is 4.39 Å². The largest absolute Gasteiger partial charge is 0.345 e. The summed E-state index contributed by atoms with van der Waals surface area (Å²) in [6, 6.07) is 15.4. The molecule has 0 aliphatic carbocycles. The number of aryl methyl sites for hydroxylation is 2. The molecule has 0 aliphatic heterocycles. The molecule has 0 saturated heterocycles. The fourth-order valence-corrected chi connectivity index (χ4v) is 3.04. The predicted molar refractivity (Wildman–Crippen MR) is 103 cm³/mol. The van der Waals surface area contributed by atoms with E-state index in [1.165, 1.54) is 12.1 Å². The molecule has 0 fully saturated rings. The van der Waals surface area contributed by atoms with Crippen LogP contribution >= 0.6 is 0 Å². The number of benzene rings is 2. The summed E-state index contributed by atoms with van der Waals surface area (Å²) < 4.78 is 14.7. The van der Waals surface area contributed by atoms with Crippen molar-refractivity contribution >= 4 is 11.6 Å². The maximum absolute atomic E-state index is 13.2. The van der Waals surface area contributed by atoms with Gasteiger partial charge >= 0.3 is 0 Å². The Hall–Kier alpha value is -3.61. The fraction of sp³-hybridized carbons (Fsp3) is 0.143. The smallest absolute Gasteiger partial charge is 0.251 e. The Morgan fingerprint density at radius 3 is 2.57 bits per heavy atom. The summed E-state index contributed by atoms with van der Waals surface area (Å²) >= 11 is 0. The minimum absolute atomic E-state index is 0.177. The molecule has 2 heterocycles. The average molecular weight is 375 g/mol. The number of nitrogens with zero attached hydrogens (tertiary/aromatic N) is 4. The van der Waals surface area contributed by atoms with Crippen molar-refractivity contribution < 1.29 is 9.18 Å². The molecule has 0 aliphatic rings. The number of aromatic nitrogens is 4. The molecule has 2 aromatic heterocycles. The highest BCUT2D eigenvalue weighted by Crippen LogP contribution is 2.18. The van der Waals surface area contributed by atoms with Crippen molar-refractivity contribution in [1.82, 2.24) is 25.1 Å². The molecule has 0 radical (unpaired) electrons. The van der Waals surface area contributed by atoms with Gasteiger partial charge in [0.2, 0.25) is 0 Å². The van der Waals surface area contributed by atoms with E-state index >= 15 is 0 Å². The molecule has 0 spiro atoms. The number of halogens is 1. The second-order valence-corrected chi connectivity index (χ2v) is 6.61. The van der Waals surface area contributed by atoms with Crippen LogP contribution in [0.25, 0.3) is 16.9 Å². The van der Waals surface area contributed by atoms with E-state index < -0.39 is 0 Å². The van der Waals surface area contributed by atoms with Crippen LogP contribution in [0, 0.1) is 19.7 Å². The third kappa shape index (κ3) is 3.46. The summed E-state index contributed by atoms with van der Waals surface area (Å²) in [6.07, 6.45) is 0. The fourth-order valence-electron chi connectivity index (χ4n) is 3.04. The van der Waals surface area contributed by atoms with Gasteiger partial charge in [0.1, 0.15) is 5.82 Å². The minimum atomic E-state index is -0.302. The summed E-state index contributed by atoms with van der Waals surface area (Å²) in [5.74, 6) is 0.0324. The number of carbonyl (C=O) groups excluding carboxylic acids is 1. The van der Waals surface area contributed by atoms with Crippen LogP contribution in [0.3, 0.4) is 0 Å². The lowest BCUT2D eigenvalue weighted by Gasteiger charge is -2.08. The molecule has 2 aromatic carbocycles. The quantitative estimate of drug-likeness (QED) is 0.593. The van der Waals surface area contributed by atoms with Crippen molar-refractivity contribution in [2.45, 2.75) is 20.4 Å². The monoisotopic (exact) mass is 375 g/mol. The Balaban J connectivity index is 1.58. The van der Waals surface area contributed by atoms with Gasteiger partial charge in [0, 0.05) is 11.1 Å². The van der Waals surface area contributed by atoms with Gasteiger partial charge in [-0.15, -0.1) is 10.2 Å². The second-order valence-electron chi connectivity index (χ2n) is 6.61. The summed E-state index contributed by atoms with van der Waals surface area (Å²) in [6.45, 7) is 4.08. The van der Waals surface area contributed by atoms with Crippen molar-refractivity contribution in [1.29, 1.82) is 0 Å². The highest BCUT2D eigenvalue weighted by Gasteiger charge is 2.13. The first kappa shape index (κ1) is 17.8. The molecule has 28 heavy (non-hydrogen) atoms. The first-order valence-corrected chi connectivity index (χ1v) is 8.84. The van der Waals surface area contributed by atoms with Gasteiger partial charge in [0.15, 0.2) is 11.5 Å². The van der Waals surface area contributed by atoms with Gasteiger partial charge in [0.25, 0.3) is 5.91 Å². The van der Waals surface area contributed by atoms with E-state index in [1.54, 1.807) is 28.8 Å². The average Bonchev–Trinajstić information content (AvgIpc) is 3.09. The highest BCUT2D eigenvalue weighted by atomic mass is 19.1. The number of hydrogen-bond acceptors (Lipinski definition) is 4. The molecular weight excluding hydrogens is 357 g/mol. The van der Waals surface area contributed by atoms with Crippen molar-refractivity contribution in [3.05, 3.63) is 82.9 Å². The van der Waals surface area contributed by atoms with Crippen LogP contribution in [0.5, 0.6) is 0 Å². The van der Waals surface area contributed by atoms with Crippen LogP contribution in [0.2, 0.25) is 0 Å². The van der Waals surface area contributed by atoms with Gasteiger partial charge in [-0.25, -0.2) is 4.39 Å². The van der Waals surface area contributed by atoms with Crippen molar-refractivity contribution in [2.24, 2.45) is 0 Å². The molecule has 140 valence electrons. The van der Waals surface area contributed by atoms with Crippen molar-refractivity contribution in [2.75, 3.05) is 0 Å². The molecule has 0 saturated carbocycles. The normalized spacial score (nSPS) is 11.0. The number of nitrogens with one attached hydrogen (secondary N) is 1. The van der Waals surface area contributed by atoms with E-state index in [0.717, 1.165) is 16.7 Å². The Labute approximate surface area is 161 Å². The van der Waals surface area contributed by atoms with E-state index in [0.29, 0.717) is 22.7 Å².